The quantitative estimate of drug-likeness (QED) is 0.725. The Morgan fingerprint density at radius 1 is 1.39 bits per heavy atom. The zero-order valence-electron chi connectivity index (χ0n) is 9.33. The van der Waals surface area contributed by atoms with E-state index >= 15 is 0 Å². The normalized spacial score (nSPS) is 11.4. The van der Waals surface area contributed by atoms with Gasteiger partial charge in [0.15, 0.2) is 0 Å². The number of hydrogen-bond acceptors (Lipinski definition) is 6. The Morgan fingerprint density at radius 3 is 2.72 bits per heavy atom. The van der Waals surface area contributed by atoms with Gasteiger partial charge in [0.1, 0.15) is 9.90 Å². The average molecular weight is 284 g/mol. The molecule has 0 amide bonds. The summed E-state index contributed by atoms with van der Waals surface area (Å²) in [5, 5.41) is 10.9. The van der Waals surface area contributed by atoms with Gasteiger partial charge in [-0.25, -0.2) is 18.5 Å². The number of primary sulfonamides is 1. The first-order chi connectivity index (χ1) is 8.47. The fraction of sp³-hybridized carbons (Fsp3) is 0.100. The molecule has 0 aliphatic heterocycles. The molecule has 1 aromatic carbocycles. The molecule has 6 nitrogen and oxygen atoms in total. The Bertz CT molecular complexity index is 638. The lowest BCUT2D eigenvalue weighted by Gasteiger charge is -2.08. The van der Waals surface area contributed by atoms with Crippen LogP contribution in [0.1, 0.15) is 5.01 Å². The second-order valence-corrected chi connectivity index (χ2v) is 6.09. The van der Waals surface area contributed by atoms with Crippen molar-refractivity contribution in [3.05, 3.63) is 34.8 Å². The van der Waals surface area contributed by atoms with Gasteiger partial charge in [-0.3, -0.25) is 0 Å². The van der Waals surface area contributed by atoms with Gasteiger partial charge in [-0.15, -0.1) is 11.3 Å². The smallest absolute Gasteiger partial charge is 0.240 e. The van der Waals surface area contributed by atoms with Gasteiger partial charge in [-0.2, -0.15) is 0 Å². The first-order valence-corrected chi connectivity index (χ1v) is 7.44. The van der Waals surface area contributed by atoms with Crippen molar-refractivity contribution in [2.24, 2.45) is 5.14 Å². The van der Waals surface area contributed by atoms with Crippen molar-refractivity contribution in [2.75, 3.05) is 11.1 Å². The van der Waals surface area contributed by atoms with Crippen LogP contribution in [0.4, 0.5) is 11.4 Å². The van der Waals surface area contributed by atoms with Crippen molar-refractivity contribution in [3.63, 3.8) is 0 Å². The van der Waals surface area contributed by atoms with Crippen LogP contribution >= 0.6 is 11.3 Å². The number of thiazole rings is 1. The molecule has 96 valence electrons. The predicted molar refractivity (Wildman–Crippen MR) is 71.7 cm³/mol. The molecule has 0 atom stereocenters. The summed E-state index contributed by atoms with van der Waals surface area (Å²) >= 11 is 1.53. The molecule has 1 heterocycles. The molecule has 0 spiro atoms. The zero-order chi connectivity index (χ0) is 13.2. The molecular weight excluding hydrogens is 272 g/mol. The van der Waals surface area contributed by atoms with E-state index in [0.29, 0.717) is 6.54 Å². The third-order valence-electron chi connectivity index (χ3n) is 2.24. The summed E-state index contributed by atoms with van der Waals surface area (Å²) in [5.74, 6) is 0. The number of rotatable bonds is 4. The maximum Gasteiger partial charge on any atom is 0.240 e. The van der Waals surface area contributed by atoms with Crippen LogP contribution in [0.25, 0.3) is 0 Å². The molecule has 2 aromatic rings. The minimum Gasteiger partial charge on any atom is -0.398 e. The molecule has 5 N–H and O–H groups in total. The van der Waals surface area contributed by atoms with Gasteiger partial charge >= 0.3 is 0 Å². The van der Waals surface area contributed by atoms with E-state index in [-0.39, 0.29) is 10.6 Å². The lowest BCUT2D eigenvalue weighted by Crippen LogP contribution is -2.14. The Kier molecular flexibility index (Phi) is 3.50. The minimum absolute atomic E-state index is 0.0673. The molecule has 0 saturated heterocycles. The van der Waals surface area contributed by atoms with Crippen LogP contribution in [0, 0.1) is 0 Å². The fourth-order valence-corrected chi connectivity index (χ4v) is 2.64. The number of aromatic nitrogens is 1. The molecule has 1 aromatic heterocycles. The molecular formula is C10H12N4O2S2. The van der Waals surface area contributed by atoms with E-state index in [2.05, 4.69) is 10.3 Å². The number of nitrogens with zero attached hydrogens (tertiary/aromatic N) is 1. The molecule has 8 heteroatoms. The largest absolute Gasteiger partial charge is 0.398 e. The molecule has 18 heavy (non-hydrogen) atoms. The van der Waals surface area contributed by atoms with Gasteiger partial charge < -0.3 is 11.1 Å². The van der Waals surface area contributed by atoms with Crippen LogP contribution < -0.4 is 16.2 Å². The maximum absolute atomic E-state index is 11.2. The molecule has 0 bridgehead atoms. The third-order valence-corrected chi connectivity index (χ3v) is 4.01. The van der Waals surface area contributed by atoms with E-state index in [4.69, 9.17) is 10.9 Å². The SMILES string of the molecule is Nc1cc(NCc2nccs2)ccc1S(N)(=O)=O. The van der Waals surface area contributed by atoms with E-state index in [1.165, 1.54) is 23.5 Å². The average Bonchev–Trinajstić information content (AvgIpc) is 2.77. The molecule has 0 aliphatic rings. The molecule has 2 rings (SSSR count). The number of nitrogen functional groups attached to an aromatic ring is 1. The monoisotopic (exact) mass is 284 g/mol. The van der Waals surface area contributed by atoms with Crippen LogP contribution in [-0.4, -0.2) is 13.4 Å². The highest BCUT2D eigenvalue weighted by atomic mass is 32.2. The minimum atomic E-state index is -3.77. The van der Waals surface area contributed by atoms with Crippen LogP contribution in [0.3, 0.4) is 0 Å². The summed E-state index contributed by atoms with van der Waals surface area (Å²) in [4.78, 5) is 4.05. The Hall–Kier alpha value is -1.64. The summed E-state index contributed by atoms with van der Waals surface area (Å²) in [6.45, 7) is 0.561. The third kappa shape index (κ3) is 2.97. The van der Waals surface area contributed by atoms with Gasteiger partial charge in [-0.05, 0) is 18.2 Å². The van der Waals surface area contributed by atoms with E-state index in [0.717, 1.165) is 10.7 Å². The maximum atomic E-state index is 11.2. The van der Waals surface area contributed by atoms with Gasteiger partial charge in [0, 0.05) is 17.3 Å². The Labute approximate surface area is 109 Å². The molecule has 0 fully saturated rings. The Balaban J connectivity index is 2.14. The molecule has 0 radical (unpaired) electrons. The molecule has 0 aliphatic carbocycles. The number of benzene rings is 1. The van der Waals surface area contributed by atoms with Crippen molar-refractivity contribution < 1.29 is 8.42 Å². The second-order valence-electron chi connectivity index (χ2n) is 3.58. The van der Waals surface area contributed by atoms with Crippen LogP contribution in [-0.2, 0) is 16.6 Å². The van der Waals surface area contributed by atoms with E-state index in [9.17, 15) is 8.42 Å². The summed E-state index contributed by atoms with van der Waals surface area (Å²) in [5.41, 5.74) is 6.49. The topological polar surface area (TPSA) is 111 Å². The van der Waals surface area contributed by atoms with Crippen LogP contribution in [0.2, 0.25) is 0 Å². The standard InChI is InChI=1S/C10H12N4O2S2/c11-8-5-7(1-2-9(8)18(12,15)16)14-6-10-13-3-4-17-10/h1-5,14H,6,11H2,(H2,12,15,16). The lowest BCUT2D eigenvalue weighted by molar-refractivity contribution is 0.598. The van der Waals surface area contributed by atoms with E-state index in [1.54, 1.807) is 12.3 Å². The van der Waals surface area contributed by atoms with E-state index in [1.807, 2.05) is 5.38 Å². The first kappa shape index (κ1) is 12.8. The van der Waals surface area contributed by atoms with Gasteiger partial charge in [-0.1, -0.05) is 0 Å². The van der Waals surface area contributed by atoms with Crippen molar-refractivity contribution in [3.8, 4) is 0 Å². The summed E-state index contributed by atoms with van der Waals surface area (Å²) in [6.07, 6.45) is 1.72. The summed E-state index contributed by atoms with van der Waals surface area (Å²) < 4.78 is 22.4. The fourth-order valence-electron chi connectivity index (χ4n) is 1.44. The highest BCUT2D eigenvalue weighted by Gasteiger charge is 2.12. The number of nitrogens with one attached hydrogen (secondary N) is 1. The number of anilines is 2. The van der Waals surface area contributed by atoms with Crippen molar-refractivity contribution in [1.82, 2.24) is 4.98 Å². The molecule has 0 unspecified atom stereocenters. The second kappa shape index (κ2) is 4.92. The number of hydrogen-bond donors (Lipinski definition) is 3. The van der Waals surface area contributed by atoms with Crippen LogP contribution in [0.5, 0.6) is 0 Å². The number of nitrogens with two attached hydrogens (primary N) is 2. The van der Waals surface area contributed by atoms with E-state index < -0.39 is 10.0 Å². The lowest BCUT2D eigenvalue weighted by atomic mass is 10.3. The highest BCUT2D eigenvalue weighted by molar-refractivity contribution is 7.89. The Morgan fingerprint density at radius 2 is 2.17 bits per heavy atom. The highest BCUT2D eigenvalue weighted by Crippen LogP contribution is 2.21. The first-order valence-electron chi connectivity index (χ1n) is 5.01. The van der Waals surface area contributed by atoms with Gasteiger partial charge in [0.25, 0.3) is 0 Å². The zero-order valence-corrected chi connectivity index (χ0v) is 11.0. The number of sulfonamides is 1. The van der Waals surface area contributed by atoms with Crippen molar-refractivity contribution in [1.29, 1.82) is 0 Å². The van der Waals surface area contributed by atoms with Gasteiger partial charge in [0.05, 0.1) is 12.2 Å². The van der Waals surface area contributed by atoms with Crippen molar-refractivity contribution in [2.45, 2.75) is 11.4 Å². The molecule has 0 saturated carbocycles. The summed E-state index contributed by atoms with van der Waals surface area (Å²) in [6, 6.07) is 4.53. The van der Waals surface area contributed by atoms with Gasteiger partial charge in [0.2, 0.25) is 10.0 Å². The predicted octanol–water partition coefficient (Wildman–Crippen LogP) is 0.985. The van der Waals surface area contributed by atoms with Crippen molar-refractivity contribution >= 4 is 32.7 Å². The summed E-state index contributed by atoms with van der Waals surface area (Å²) in [7, 11) is -3.77. The van der Waals surface area contributed by atoms with Crippen LogP contribution in [0.15, 0.2) is 34.7 Å².